The summed E-state index contributed by atoms with van der Waals surface area (Å²) in [6, 6.07) is 4.90. The highest BCUT2D eigenvalue weighted by Crippen LogP contribution is 2.32. The Bertz CT molecular complexity index is 1250. The second kappa shape index (κ2) is 10.3. The number of halogens is 3. The molecule has 4 heterocycles. The number of alkyl halides is 3. The molecule has 36 heavy (non-hydrogen) atoms. The molecule has 11 nitrogen and oxygen atoms in total. The van der Waals surface area contributed by atoms with E-state index in [2.05, 4.69) is 25.3 Å². The maximum absolute atomic E-state index is 14.2. The van der Waals surface area contributed by atoms with Gasteiger partial charge in [-0.3, -0.25) is 9.36 Å². The molecule has 0 bridgehead atoms. The van der Waals surface area contributed by atoms with Gasteiger partial charge in [0, 0.05) is 32.2 Å². The minimum absolute atomic E-state index is 0.0285. The number of aromatic nitrogens is 5. The third-order valence-electron chi connectivity index (χ3n) is 6.14. The fourth-order valence-electron chi connectivity index (χ4n) is 4.43. The van der Waals surface area contributed by atoms with Crippen LogP contribution in [0, 0.1) is 0 Å². The van der Waals surface area contributed by atoms with Gasteiger partial charge in [0.2, 0.25) is 23.8 Å². The number of methoxy groups -OCH3 is 1. The molecule has 0 unspecified atom stereocenters. The largest absolute Gasteiger partial charge is 0.494 e. The average molecular weight is 523 g/mol. The van der Waals surface area contributed by atoms with Gasteiger partial charge < -0.3 is 24.6 Å². The molecule has 1 amide bonds. The Kier molecular flexibility index (Phi) is 7.01. The molecule has 2 aliphatic rings. The standard InChI is InChI=1S/C22H25ClF2N8O3/c1-35-15-4-2-3-14-17(15)27-19(18(24)25)33(14)22-29-20(31-7-9-36-10-8-31)28-21(30-22)32-6-5-13(12-32)26-16(34)11-23/h2-4,13,18H,5-12H2,1H3,(H,26,34)/t13-/m0/s1. The summed E-state index contributed by atoms with van der Waals surface area (Å²) < 4.78 is 40.4. The first-order valence-corrected chi connectivity index (χ1v) is 12.0. The summed E-state index contributed by atoms with van der Waals surface area (Å²) in [6.45, 7) is 3.13. The number of imidazole rings is 1. The number of rotatable bonds is 7. The van der Waals surface area contributed by atoms with Gasteiger partial charge in [-0.25, -0.2) is 13.8 Å². The molecule has 1 atom stereocenters. The van der Waals surface area contributed by atoms with E-state index in [1.165, 1.54) is 11.7 Å². The van der Waals surface area contributed by atoms with E-state index >= 15 is 0 Å². The van der Waals surface area contributed by atoms with E-state index < -0.39 is 12.2 Å². The zero-order chi connectivity index (χ0) is 25.2. The van der Waals surface area contributed by atoms with Crippen LogP contribution in [-0.2, 0) is 9.53 Å². The predicted octanol–water partition coefficient (Wildman–Crippen LogP) is 1.93. The first-order chi connectivity index (χ1) is 17.5. The molecule has 2 saturated heterocycles. The zero-order valence-corrected chi connectivity index (χ0v) is 20.3. The summed E-state index contributed by atoms with van der Waals surface area (Å²) in [4.78, 5) is 33.6. The van der Waals surface area contributed by atoms with Gasteiger partial charge in [-0.05, 0) is 18.6 Å². The first kappa shape index (κ1) is 24.4. The number of benzene rings is 1. The van der Waals surface area contributed by atoms with Crippen molar-refractivity contribution in [2.75, 3.05) is 62.2 Å². The number of para-hydroxylation sites is 1. The van der Waals surface area contributed by atoms with Crippen LogP contribution < -0.4 is 19.9 Å². The van der Waals surface area contributed by atoms with Gasteiger partial charge in [0.15, 0.2) is 5.82 Å². The minimum atomic E-state index is -2.88. The second-order valence-corrected chi connectivity index (χ2v) is 8.67. The van der Waals surface area contributed by atoms with Gasteiger partial charge in [0.05, 0.1) is 25.8 Å². The van der Waals surface area contributed by atoms with Crippen molar-refractivity contribution in [1.82, 2.24) is 29.8 Å². The normalized spacial score (nSPS) is 18.3. The molecule has 2 aliphatic heterocycles. The molecule has 2 fully saturated rings. The van der Waals surface area contributed by atoms with Crippen molar-refractivity contribution in [1.29, 1.82) is 0 Å². The topological polar surface area (TPSA) is 111 Å². The molecule has 0 saturated carbocycles. The number of carbonyl (C=O) groups is 1. The maximum atomic E-state index is 14.2. The van der Waals surface area contributed by atoms with Crippen molar-refractivity contribution in [2.45, 2.75) is 18.9 Å². The Morgan fingerprint density at radius 1 is 1.14 bits per heavy atom. The van der Waals surface area contributed by atoms with Crippen LogP contribution in [0.3, 0.4) is 0 Å². The summed E-state index contributed by atoms with van der Waals surface area (Å²) >= 11 is 5.62. The molecule has 1 N–H and O–H groups in total. The Hall–Kier alpha value is -3.32. The maximum Gasteiger partial charge on any atom is 0.296 e. The molecule has 0 aliphatic carbocycles. The summed E-state index contributed by atoms with van der Waals surface area (Å²) in [6.07, 6.45) is -2.21. The average Bonchev–Trinajstić information content (AvgIpc) is 3.54. The van der Waals surface area contributed by atoms with E-state index in [1.807, 2.05) is 9.80 Å². The lowest BCUT2D eigenvalue weighted by Gasteiger charge is -2.28. The first-order valence-electron chi connectivity index (χ1n) is 11.5. The number of amides is 1. The van der Waals surface area contributed by atoms with E-state index in [0.717, 1.165) is 0 Å². The molecule has 14 heteroatoms. The van der Waals surface area contributed by atoms with Crippen LogP contribution in [0.5, 0.6) is 5.75 Å². The Balaban J connectivity index is 1.61. The smallest absolute Gasteiger partial charge is 0.296 e. The van der Waals surface area contributed by atoms with Gasteiger partial charge >= 0.3 is 0 Å². The highest BCUT2D eigenvalue weighted by molar-refractivity contribution is 6.27. The number of nitrogens with zero attached hydrogens (tertiary/aromatic N) is 7. The van der Waals surface area contributed by atoms with Crippen LogP contribution in [0.1, 0.15) is 18.7 Å². The number of fused-ring (bicyclic) bond motifs is 1. The zero-order valence-electron chi connectivity index (χ0n) is 19.5. The van der Waals surface area contributed by atoms with Crippen molar-refractivity contribution >= 4 is 40.4 Å². The number of morpholine rings is 1. The number of nitrogens with one attached hydrogen (secondary N) is 1. The Morgan fingerprint density at radius 2 is 1.86 bits per heavy atom. The van der Waals surface area contributed by atoms with E-state index in [4.69, 9.17) is 21.1 Å². The lowest BCUT2D eigenvalue weighted by Crippen LogP contribution is -2.39. The number of ether oxygens (including phenoxy) is 2. The van der Waals surface area contributed by atoms with Gasteiger partial charge in [0.1, 0.15) is 17.1 Å². The number of carbonyl (C=O) groups excluding carboxylic acids is 1. The Labute approximate surface area is 210 Å². The third kappa shape index (κ3) is 4.72. The number of hydrogen-bond donors (Lipinski definition) is 1. The third-order valence-corrected chi connectivity index (χ3v) is 6.38. The highest BCUT2D eigenvalue weighted by Gasteiger charge is 2.30. The van der Waals surface area contributed by atoms with Crippen molar-refractivity contribution < 1.29 is 23.0 Å². The molecule has 192 valence electrons. The van der Waals surface area contributed by atoms with E-state index in [0.29, 0.717) is 69.0 Å². The van der Waals surface area contributed by atoms with Crippen LogP contribution in [0.15, 0.2) is 18.2 Å². The van der Waals surface area contributed by atoms with E-state index in [1.54, 1.807) is 18.2 Å². The molecule has 5 rings (SSSR count). The predicted molar refractivity (Wildman–Crippen MR) is 128 cm³/mol. The molecule has 0 radical (unpaired) electrons. The number of anilines is 2. The van der Waals surface area contributed by atoms with Crippen LogP contribution in [0.2, 0.25) is 0 Å². The highest BCUT2D eigenvalue weighted by atomic mass is 35.5. The van der Waals surface area contributed by atoms with Crippen molar-refractivity contribution in [3.8, 4) is 11.7 Å². The van der Waals surface area contributed by atoms with Crippen LogP contribution in [0.25, 0.3) is 17.0 Å². The quantitative estimate of drug-likeness (QED) is 0.465. The SMILES string of the molecule is COc1cccc2c1nc(C(F)F)n2-c1nc(N2CCOCC2)nc(N2CC[C@H](NC(=O)CCl)C2)n1. The van der Waals surface area contributed by atoms with Gasteiger partial charge in [-0.2, -0.15) is 15.0 Å². The van der Waals surface area contributed by atoms with Gasteiger partial charge in [0.25, 0.3) is 6.43 Å². The van der Waals surface area contributed by atoms with E-state index in [-0.39, 0.29) is 29.3 Å². The summed E-state index contributed by atoms with van der Waals surface area (Å²) in [5, 5.41) is 2.87. The lowest BCUT2D eigenvalue weighted by atomic mass is 10.3. The van der Waals surface area contributed by atoms with Crippen molar-refractivity contribution in [3.63, 3.8) is 0 Å². The monoisotopic (exact) mass is 522 g/mol. The lowest BCUT2D eigenvalue weighted by molar-refractivity contribution is -0.119. The number of hydrogen-bond acceptors (Lipinski definition) is 9. The van der Waals surface area contributed by atoms with Crippen LogP contribution in [0.4, 0.5) is 20.7 Å². The van der Waals surface area contributed by atoms with Gasteiger partial charge in [-0.1, -0.05) is 6.07 Å². The van der Waals surface area contributed by atoms with Crippen molar-refractivity contribution in [3.05, 3.63) is 24.0 Å². The molecule has 0 spiro atoms. The molecule has 3 aromatic rings. The molecular weight excluding hydrogens is 498 g/mol. The van der Waals surface area contributed by atoms with Crippen LogP contribution >= 0.6 is 11.6 Å². The fraction of sp³-hybridized carbons (Fsp3) is 0.500. The van der Waals surface area contributed by atoms with Gasteiger partial charge in [-0.15, -0.1) is 11.6 Å². The second-order valence-electron chi connectivity index (χ2n) is 8.40. The molecule has 1 aromatic carbocycles. The van der Waals surface area contributed by atoms with Crippen molar-refractivity contribution in [2.24, 2.45) is 0 Å². The fourth-order valence-corrected chi connectivity index (χ4v) is 4.51. The molecule has 2 aromatic heterocycles. The molecular formula is C22H25ClF2N8O3. The summed E-state index contributed by atoms with van der Waals surface area (Å²) in [5.74, 6) is 0.211. The summed E-state index contributed by atoms with van der Waals surface area (Å²) in [7, 11) is 1.46. The minimum Gasteiger partial charge on any atom is -0.494 e. The summed E-state index contributed by atoms with van der Waals surface area (Å²) in [5.41, 5.74) is 0.679. The Morgan fingerprint density at radius 3 is 2.56 bits per heavy atom. The van der Waals surface area contributed by atoms with Crippen LogP contribution in [-0.4, -0.2) is 88.8 Å². The van der Waals surface area contributed by atoms with E-state index in [9.17, 15) is 13.6 Å².